The molecule has 21 heavy (non-hydrogen) atoms. The molecule has 0 aromatic heterocycles. The second-order valence-electron chi connectivity index (χ2n) is 4.72. The molecule has 0 saturated heterocycles. The topological polar surface area (TPSA) is 72.4 Å². The number of amidine groups is 1. The largest absolute Gasteiger partial charge is 0.468 e. The van der Waals surface area contributed by atoms with Crippen LogP contribution in [0.3, 0.4) is 0 Å². The molecule has 1 aliphatic heterocycles. The fraction of sp³-hybridized carbons (Fsp3) is 0.429. The van der Waals surface area contributed by atoms with E-state index in [4.69, 9.17) is 14.2 Å². The summed E-state index contributed by atoms with van der Waals surface area (Å²) < 4.78 is 15.5. The van der Waals surface area contributed by atoms with Crippen molar-refractivity contribution in [1.29, 1.82) is 0 Å². The fourth-order valence-electron chi connectivity index (χ4n) is 1.71. The van der Waals surface area contributed by atoms with Crippen molar-refractivity contribution in [2.45, 2.75) is 0 Å². The van der Waals surface area contributed by atoms with Crippen LogP contribution in [0.5, 0.6) is 11.5 Å². The predicted molar refractivity (Wildman–Crippen MR) is 77.9 cm³/mol. The molecule has 0 radical (unpaired) electrons. The van der Waals surface area contributed by atoms with Gasteiger partial charge in [0.25, 0.3) is 11.9 Å². The Morgan fingerprint density at radius 3 is 2.86 bits per heavy atom. The first-order chi connectivity index (χ1) is 10.1. The minimum absolute atomic E-state index is 0.176. The van der Waals surface area contributed by atoms with E-state index in [9.17, 15) is 4.79 Å². The number of aliphatic imine (C=N–C) groups is 1. The van der Waals surface area contributed by atoms with Crippen molar-refractivity contribution in [3.63, 3.8) is 0 Å². The molecule has 1 amide bonds. The molecule has 0 unspecified atom stereocenters. The molecule has 1 aromatic carbocycles. The van der Waals surface area contributed by atoms with Crippen LogP contribution in [0, 0.1) is 0 Å². The zero-order chi connectivity index (χ0) is 15.2. The molecule has 1 aromatic rings. The Morgan fingerprint density at radius 2 is 2.14 bits per heavy atom. The van der Waals surface area contributed by atoms with Gasteiger partial charge in [-0.2, -0.15) is 0 Å². The van der Waals surface area contributed by atoms with Gasteiger partial charge in [-0.05, 0) is 32.3 Å². The van der Waals surface area contributed by atoms with E-state index in [1.165, 1.54) is 7.11 Å². The second kappa shape index (κ2) is 6.94. The van der Waals surface area contributed by atoms with Crippen molar-refractivity contribution >= 4 is 11.9 Å². The average Bonchev–Trinajstić information content (AvgIpc) is 2.92. The Labute approximate surface area is 123 Å². The van der Waals surface area contributed by atoms with Crippen molar-refractivity contribution in [2.24, 2.45) is 4.99 Å². The van der Waals surface area contributed by atoms with Gasteiger partial charge in [0.1, 0.15) is 0 Å². The van der Waals surface area contributed by atoms with Crippen molar-refractivity contribution < 1.29 is 19.0 Å². The number of nitrogens with one attached hydrogen (secondary N) is 1. The zero-order valence-corrected chi connectivity index (χ0v) is 12.4. The van der Waals surface area contributed by atoms with Crippen LogP contribution in [-0.2, 0) is 4.74 Å². The van der Waals surface area contributed by atoms with Crippen molar-refractivity contribution in [3.05, 3.63) is 23.8 Å². The van der Waals surface area contributed by atoms with Gasteiger partial charge < -0.3 is 19.1 Å². The summed E-state index contributed by atoms with van der Waals surface area (Å²) in [5, 5.41) is 2.62. The first-order valence-electron chi connectivity index (χ1n) is 6.54. The summed E-state index contributed by atoms with van der Waals surface area (Å²) in [5.74, 6) is 0.892. The van der Waals surface area contributed by atoms with Gasteiger partial charge in [0.05, 0.1) is 13.7 Å². The van der Waals surface area contributed by atoms with Crippen LogP contribution in [0.15, 0.2) is 23.2 Å². The lowest BCUT2D eigenvalue weighted by molar-refractivity contribution is 0.0968. The van der Waals surface area contributed by atoms with E-state index in [0.717, 1.165) is 6.54 Å². The summed E-state index contributed by atoms with van der Waals surface area (Å²) in [5.41, 5.74) is 0.455. The quantitative estimate of drug-likeness (QED) is 0.654. The first kappa shape index (κ1) is 15.1. The van der Waals surface area contributed by atoms with E-state index < -0.39 is 0 Å². The van der Waals surface area contributed by atoms with E-state index in [2.05, 4.69) is 10.3 Å². The zero-order valence-electron chi connectivity index (χ0n) is 12.4. The number of amides is 1. The summed E-state index contributed by atoms with van der Waals surface area (Å²) in [4.78, 5) is 18.3. The number of likely N-dealkylation sites (N-methyl/N-ethyl adjacent to an activating group) is 1. The van der Waals surface area contributed by atoms with Crippen LogP contribution in [0.4, 0.5) is 0 Å². The van der Waals surface area contributed by atoms with E-state index in [1.54, 1.807) is 18.2 Å². The number of nitrogens with zero attached hydrogens (tertiary/aromatic N) is 2. The molecule has 114 valence electrons. The first-order valence-corrected chi connectivity index (χ1v) is 6.54. The summed E-state index contributed by atoms with van der Waals surface area (Å²) in [6.45, 7) is 1.49. The highest BCUT2D eigenvalue weighted by atomic mass is 16.7. The Bertz CT molecular complexity index is 543. The van der Waals surface area contributed by atoms with E-state index >= 15 is 0 Å². The van der Waals surface area contributed by atoms with Gasteiger partial charge >= 0.3 is 0 Å². The van der Waals surface area contributed by atoms with Crippen LogP contribution in [-0.4, -0.2) is 57.9 Å². The summed E-state index contributed by atoms with van der Waals surface area (Å²) in [7, 11) is 5.37. The minimum atomic E-state index is -0.307. The van der Waals surface area contributed by atoms with Gasteiger partial charge in [-0.3, -0.25) is 10.1 Å². The Kier molecular flexibility index (Phi) is 4.99. The number of ether oxygens (including phenoxy) is 3. The molecule has 0 atom stereocenters. The maximum absolute atomic E-state index is 12.1. The number of rotatable bonds is 4. The van der Waals surface area contributed by atoms with Gasteiger partial charge in [0.15, 0.2) is 11.5 Å². The summed E-state index contributed by atoms with van der Waals surface area (Å²) >= 11 is 0. The number of hydrogen-bond acceptors (Lipinski definition) is 6. The standard InChI is InChI=1S/C14H19N3O4/c1-17(2)7-6-15-14(19-3)16-13(18)10-4-5-11-12(8-10)21-9-20-11/h4-5,8H,6-7,9H2,1-3H3,(H,15,16,18). The highest BCUT2D eigenvalue weighted by Gasteiger charge is 2.17. The minimum Gasteiger partial charge on any atom is -0.468 e. The predicted octanol–water partition coefficient (Wildman–Crippen LogP) is 0.709. The number of methoxy groups -OCH3 is 1. The maximum Gasteiger partial charge on any atom is 0.291 e. The smallest absolute Gasteiger partial charge is 0.291 e. The lowest BCUT2D eigenvalue weighted by Crippen LogP contribution is -2.32. The molecule has 1 N–H and O–H groups in total. The van der Waals surface area contributed by atoms with Crippen molar-refractivity contribution in [2.75, 3.05) is 41.1 Å². The van der Waals surface area contributed by atoms with Gasteiger partial charge in [0, 0.05) is 12.1 Å². The Balaban J connectivity index is 1.99. The van der Waals surface area contributed by atoms with E-state index in [1.807, 2.05) is 19.0 Å². The Hall–Kier alpha value is -2.28. The molecule has 0 spiro atoms. The molecular weight excluding hydrogens is 274 g/mol. The number of fused-ring (bicyclic) bond motifs is 1. The number of carbonyl (C=O) groups excluding carboxylic acids is 1. The van der Waals surface area contributed by atoms with Gasteiger partial charge in [-0.1, -0.05) is 0 Å². The lowest BCUT2D eigenvalue weighted by Gasteiger charge is -2.09. The second-order valence-corrected chi connectivity index (χ2v) is 4.72. The normalized spacial score (nSPS) is 13.4. The fourth-order valence-corrected chi connectivity index (χ4v) is 1.71. The Morgan fingerprint density at radius 1 is 1.38 bits per heavy atom. The molecule has 7 nitrogen and oxygen atoms in total. The molecular formula is C14H19N3O4. The van der Waals surface area contributed by atoms with Crippen molar-refractivity contribution in [1.82, 2.24) is 10.2 Å². The summed E-state index contributed by atoms with van der Waals surface area (Å²) in [6, 6.07) is 5.19. The molecule has 0 bridgehead atoms. The van der Waals surface area contributed by atoms with E-state index in [0.29, 0.717) is 23.6 Å². The number of benzene rings is 1. The van der Waals surface area contributed by atoms with Gasteiger partial charge in [0.2, 0.25) is 6.79 Å². The highest BCUT2D eigenvalue weighted by molar-refractivity contribution is 6.04. The van der Waals surface area contributed by atoms with Gasteiger partial charge in [-0.25, -0.2) is 4.99 Å². The third-order valence-corrected chi connectivity index (χ3v) is 2.85. The monoisotopic (exact) mass is 293 g/mol. The lowest BCUT2D eigenvalue weighted by atomic mass is 10.2. The van der Waals surface area contributed by atoms with Gasteiger partial charge in [-0.15, -0.1) is 0 Å². The molecule has 0 aliphatic carbocycles. The third kappa shape index (κ3) is 4.09. The number of carbonyl (C=O) groups is 1. The third-order valence-electron chi connectivity index (χ3n) is 2.85. The summed E-state index contributed by atoms with van der Waals surface area (Å²) in [6.07, 6.45) is 0. The van der Waals surface area contributed by atoms with E-state index in [-0.39, 0.29) is 18.7 Å². The van der Waals surface area contributed by atoms with Crippen LogP contribution in [0.1, 0.15) is 10.4 Å². The van der Waals surface area contributed by atoms with Crippen LogP contribution >= 0.6 is 0 Å². The molecule has 7 heteroatoms. The molecule has 1 heterocycles. The SMILES string of the molecule is COC(=NCCN(C)C)NC(=O)c1ccc2c(c1)OCO2. The molecule has 0 fully saturated rings. The van der Waals surface area contributed by atoms with Crippen molar-refractivity contribution in [3.8, 4) is 11.5 Å². The maximum atomic E-state index is 12.1. The van der Waals surface area contributed by atoms with Crippen LogP contribution in [0.2, 0.25) is 0 Å². The molecule has 0 saturated carbocycles. The van der Waals surface area contributed by atoms with Crippen LogP contribution in [0.25, 0.3) is 0 Å². The molecule has 2 rings (SSSR count). The molecule has 1 aliphatic rings. The van der Waals surface area contributed by atoms with Crippen LogP contribution < -0.4 is 14.8 Å². The highest BCUT2D eigenvalue weighted by Crippen LogP contribution is 2.32. The number of hydrogen-bond donors (Lipinski definition) is 1. The average molecular weight is 293 g/mol.